The Balaban J connectivity index is -0.000000817. The van der Waals surface area contributed by atoms with Crippen LogP contribution < -0.4 is 15.9 Å². The monoisotopic (exact) mass is 981 g/mol. The van der Waals surface area contributed by atoms with Crippen molar-refractivity contribution in [2.45, 2.75) is 0 Å². The van der Waals surface area contributed by atoms with E-state index in [2.05, 4.69) is 72.8 Å². The van der Waals surface area contributed by atoms with E-state index in [1.807, 2.05) is 48.5 Å². The zero-order chi connectivity index (χ0) is 46.2. The predicted octanol–water partition coefficient (Wildman–Crippen LogP) is 5.16. The molecule has 0 fully saturated rings. The maximum absolute atomic E-state index is 13.4. The number of hydrogen-bond donors (Lipinski definition) is 12. The van der Waals surface area contributed by atoms with Crippen LogP contribution in [0.2, 0.25) is 0 Å². The zero-order valence-corrected chi connectivity index (χ0v) is 34.6. The Labute approximate surface area is 325 Å². The summed E-state index contributed by atoms with van der Waals surface area (Å²) in [6.07, 6.45) is 0.481. The molecule has 0 aliphatic carbocycles. The van der Waals surface area contributed by atoms with E-state index < -0.39 is 54.7 Å². The molecule has 0 heterocycles. The molecule has 328 valence electrons. The van der Waals surface area contributed by atoms with E-state index in [1.165, 1.54) is 15.9 Å². The maximum Gasteiger partial charge on any atom is 0.507 e. The summed E-state index contributed by atoms with van der Waals surface area (Å²) in [5.41, 5.74) is 0.773. The van der Waals surface area contributed by atoms with Gasteiger partial charge < -0.3 is 0 Å². The van der Waals surface area contributed by atoms with Crippen LogP contribution in [-0.4, -0.2) is 70.7 Å². The van der Waals surface area contributed by atoms with E-state index in [0.29, 0.717) is 6.16 Å². The highest BCUT2D eigenvalue weighted by Crippen LogP contribution is 2.55. The first-order chi connectivity index (χ1) is 25.8. The van der Waals surface area contributed by atoms with Crippen LogP contribution >= 0.6 is 54.7 Å². The van der Waals surface area contributed by atoms with Gasteiger partial charge in [0.2, 0.25) is 5.78 Å². The topological polar surface area (TPSA) is 362 Å². The van der Waals surface area contributed by atoms with E-state index in [0.717, 1.165) is 5.56 Å². The Bertz CT molecular complexity index is 1740. The van der Waals surface area contributed by atoms with Gasteiger partial charge in [-0.05, 0) is 36.4 Å². The lowest BCUT2D eigenvalue weighted by molar-refractivity contribution is 0.102. The summed E-state index contributed by atoms with van der Waals surface area (Å²) in [6.45, 7) is 0. The molecule has 4 aromatic rings. The van der Waals surface area contributed by atoms with Crippen molar-refractivity contribution in [3.8, 4) is 0 Å². The van der Waals surface area contributed by atoms with Crippen LogP contribution in [0, 0.1) is 0 Å². The van der Waals surface area contributed by atoms with Crippen LogP contribution in [0.15, 0.2) is 121 Å². The van der Waals surface area contributed by atoms with Gasteiger partial charge in [-0.15, -0.1) is 25.2 Å². The second kappa shape index (κ2) is 27.3. The first kappa shape index (κ1) is 59.8. The van der Waals surface area contributed by atoms with Crippen molar-refractivity contribution in [1.29, 1.82) is 0 Å². The second-order valence-corrected chi connectivity index (χ2v) is 18.8. The summed E-state index contributed by atoms with van der Waals surface area (Å²) in [5.74, 6) is 0.186. The second-order valence-electron chi connectivity index (χ2n) is 9.60. The van der Waals surface area contributed by atoms with Crippen molar-refractivity contribution < 1.29 is 116 Å². The van der Waals surface area contributed by atoms with E-state index >= 15 is 0 Å². The summed E-state index contributed by atoms with van der Waals surface area (Å²) >= 11 is 0. The van der Waals surface area contributed by atoms with Crippen LogP contribution in [-0.2, 0) is 27.4 Å². The van der Waals surface area contributed by atoms with Crippen LogP contribution in [0.25, 0.3) is 0 Å². The average Bonchev–Trinajstić information content (AvgIpc) is 3.01. The molecule has 0 aromatic heterocycles. The number of benzene rings is 4. The molecule has 0 saturated carbocycles. The Morgan fingerprint density at radius 1 is 0.362 bits per heavy atom. The largest absolute Gasteiger partial charge is 0.507 e. The fraction of sp³-hybridized carbons (Fsp3) is 0.0385. The third-order valence-electron chi connectivity index (χ3n) is 5.07. The van der Waals surface area contributed by atoms with Crippen molar-refractivity contribution in [2.75, 3.05) is 6.16 Å². The molecule has 0 aliphatic heterocycles. The summed E-state index contributed by atoms with van der Waals surface area (Å²) in [7, 11) is -33.0. The van der Waals surface area contributed by atoms with E-state index in [1.54, 1.807) is 0 Å². The van der Waals surface area contributed by atoms with Gasteiger partial charge in [-0.25, -0.2) is 27.4 Å². The summed E-state index contributed by atoms with van der Waals surface area (Å²) in [6, 6.07) is 41.2. The Kier molecular flexibility index (Phi) is 28.2. The number of ketones is 1. The van der Waals surface area contributed by atoms with E-state index in [4.69, 9.17) is 86.1 Å². The van der Waals surface area contributed by atoms with Crippen LogP contribution in [0.5, 0.6) is 0 Å². The number of rotatable bonds is 6. The van der Waals surface area contributed by atoms with Crippen LogP contribution in [0.4, 0.5) is 25.2 Å². The molecule has 0 unspecified atom stereocenters. The third-order valence-corrected chi connectivity index (χ3v) is 9.37. The highest BCUT2D eigenvalue weighted by atomic mass is 31.2. The van der Waals surface area contributed by atoms with Gasteiger partial charge in [0.25, 0.3) is 0 Å². The first-order valence-corrected chi connectivity index (χ1v) is 24.9. The molecule has 0 saturated heterocycles. The molecule has 0 amide bonds. The van der Waals surface area contributed by atoms with Gasteiger partial charge >= 0.3 is 47.4 Å². The highest BCUT2D eigenvalue weighted by molar-refractivity contribution is 7.96. The molecule has 58 heavy (non-hydrogen) atoms. The van der Waals surface area contributed by atoms with Crippen molar-refractivity contribution in [1.82, 2.24) is 0 Å². The lowest BCUT2D eigenvalue weighted by Crippen LogP contribution is -2.35. The number of hydrogen-bond acceptors (Lipinski definition) is 7. The third kappa shape index (κ3) is 46.2. The fourth-order valence-corrected chi connectivity index (χ4v) is 7.80. The molecule has 4 aromatic carbocycles. The average molecular weight is 981 g/mol. The quantitative estimate of drug-likeness (QED) is 0.0674. The minimum Gasteiger partial charge on any atom is -0.299 e. The molecule has 12 N–H and O–H groups in total. The Morgan fingerprint density at radius 3 is 0.690 bits per heavy atom. The smallest absolute Gasteiger partial charge is 0.299 e. The molecule has 0 spiro atoms. The molecule has 32 heteroatoms. The van der Waals surface area contributed by atoms with Gasteiger partial charge in [0.15, 0.2) is 0 Å². The molecule has 4 rings (SSSR count). The van der Waals surface area contributed by atoms with Crippen molar-refractivity contribution in [2.24, 2.45) is 0 Å². The van der Waals surface area contributed by atoms with Crippen molar-refractivity contribution in [3.05, 3.63) is 127 Å². The summed E-state index contributed by atoms with van der Waals surface area (Å²) in [4.78, 5) is 97.0. The van der Waals surface area contributed by atoms with Crippen molar-refractivity contribution in [3.63, 3.8) is 0 Å². The fourth-order valence-electron chi connectivity index (χ4n) is 3.70. The van der Waals surface area contributed by atoms with Gasteiger partial charge in [0.1, 0.15) is 29.3 Å². The van der Waals surface area contributed by atoms with Gasteiger partial charge in [0.05, 0.1) is 0 Å². The Hall–Kier alpha value is -2.54. The Morgan fingerprint density at radius 2 is 0.517 bits per heavy atom. The lowest BCUT2D eigenvalue weighted by atomic mass is 10.2. The minimum atomic E-state index is -5.14. The summed E-state index contributed by atoms with van der Waals surface area (Å²) in [5, 5.41) is 3.70. The molecule has 0 aliphatic rings. The van der Waals surface area contributed by atoms with Gasteiger partial charge in [-0.1, -0.05) is 84.9 Å². The first-order valence-electron chi connectivity index (χ1n) is 13.9. The van der Waals surface area contributed by atoms with Gasteiger partial charge in [0, 0.05) is 5.56 Å². The maximum atomic E-state index is 13.4. The zero-order valence-electron chi connectivity index (χ0n) is 28.4. The number of halogens is 6. The number of Topliss-reactive ketones (excluding diaryl/α,β-unsaturated/α-hetero) is 1. The molecular weight excluding hydrogens is 947 g/mol. The van der Waals surface area contributed by atoms with Crippen LogP contribution in [0.3, 0.4) is 0 Å². The SMILES string of the molecule is O=C(C[P+](c1ccccc1)(c1ccccc1)c1ccccc1)c1ccccc1.O=P(O)(O)F.O=P(O)(O)F.O=P(O)(O)F.O=P(O)(O)F.O=P(O)(O)F.O=P(O)(O)F. The molecule has 0 atom stereocenters. The normalized spacial score (nSPS) is 11.5. The molecule has 0 radical (unpaired) electrons. The lowest BCUT2D eigenvalue weighted by Gasteiger charge is -2.27. The number of carbonyl (C=O) groups excluding carboxylic acids is 1. The number of carbonyl (C=O) groups is 1. The molecular formula is C26H34F6O19P7+. The van der Waals surface area contributed by atoms with Gasteiger partial charge in [-0.3, -0.25) is 63.5 Å². The van der Waals surface area contributed by atoms with Crippen LogP contribution in [0.1, 0.15) is 10.4 Å². The van der Waals surface area contributed by atoms with Crippen molar-refractivity contribution >= 4 is 76.4 Å². The minimum absolute atomic E-state index is 0.186. The predicted molar refractivity (Wildman–Crippen MR) is 200 cm³/mol. The summed E-state index contributed by atoms with van der Waals surface area (Å²) < 4.78 is 114. The molecule has 19 nitrogen and oxygen atoms in total. The van der Waals surface area contributed by atoms with Gasteiger partial charge in [-0.2, -0.15) is 0 Å². The van der Waals surface area contributed by atoms with E-state index in [9.17, 15) is 30.0 Å². The van der Waals surface area contributed by atoms with E-state index in [-0.39, 0.29) is 5.78 Å². The standard InChI is InChI=1S/C26H22OP.6FH2O3P/c27-26(22-13-5-1-6-14-22)21-28(23-15-7-2-8-16-23,24-17-9-3-10-18-24)25-19-11-4-12-20-25;6*1-5(2,3)4/h1-20H,21H2;6*(H2,2,3,4)/q+1;;;;;;. The molecule has 0 bridgehead atoms. The highest BCUT2D eigenvalue weighted by Gasteiger charge is 2.47.